The Morgan fingerprint density at radius 1 is 1.30 bits per heavy atom. The smallest absolute Gasteiger partial charge is 0.227 e. The lowest BCUT2D eigenvalue weighted by atomic mass is 9.71. The summed E-state index contributed by atoms with van der Waals surface area (Å²) in [5.74, 6) is 0.841. The Balaban J connectivity index is 1.49. The van der Waals surface area contributed by atoms with Gasteiger partial charge in [0.25, 0.3) is 0 Å². The maximum absolute atomic E-state index is 13.4. The highest BCUT2D eigenvalue weighted by molar-refractivity contribution is 7.09. The van der Waals surface area contributed by atoms with Crippen molar-refractivity contribution in [1.82, 2.24) is 24.8 Å². The van der Waals surface area contributed by atoms with Crippen molar-refractivity contribution < 1.29 is 9.53 Å². The molecule has 1 unspecified atom stereocenters. The van der Waals surface area contributed by atoms with Crippen molar-refractivity contribution in [3.8, 4) is 0 Å². The fourth-order valence-corrected chi connectivity index (χ4v) is 4.96. The van der Waals surface area contributed by atoms with Gasteiger partial charge in [0.1, 0.15) is 10.8 Å². The van der Waals surface area contributed by atoms with Crippen molar-refractivity contribution in [3.63, 3.8) is 0 Å². The Kier molecular flexibility index (Phi) is 5.47. The van der Waals surface area contributed by atoms with Crippen molar-refractivity contribution in [1.29, 1.82) is 0 Å². The highest BCUT2D eigenvalue weighted by atomic mass is 32.1. The summed E-state index contributed by atoms with van der Waals surface area (Å²) in [5, 5.41) is 3.11. The number of amides is 1. The van der Waals surface area contributed by atoms with Crippen LogP contribution in [0.25, 0.3) is 0 Å². The molecule has 4 rings (SSSR count). The minimum atomic E-state index is -0.0184. The molecular formula is C19H25N5O2S. The Bertz CT molecular complexity index is 749. The van der Waals surface area contributed by atoms with Gasteiger partial charge in [0.2, 0.25) is 5.91 Å². The SMILES string of the molecule is CN(Cc1ncccn1)C(=O)C1CN(Cc2nccs2)CC12CCOCC2. The van der Waals surface area contributed by atoms with E-state index in [4.69, 9.17) is 4.74 Å². The number of likely N-dealkylation sites (tertiary alicyclic amines) is 1. The third-order valence-electron chi connectivity index (χ3n) is 5.72. The van der Waals surface area contributed by atoms with Crippen LogP contribution in [-0.2, 0) is 22.6 Å². The summed E-state index contributed by atoms with van der Waals surface area (Å²) in [6.45, 7) is 4.44. The van der Waals surface area contributed by atoms with Gasteiger partial charge in [-0.25, -0.2) is 15.0 Å². The minimum Gasteiger partial charge on any atom is -0.381 e. The van der Waals surface area contributed by atoms with E-state index in [1.807, 2.05) is 18.6 Å². The Hall–Kier alpha value is -1.90. The monoisotopic (exact) mass is 387 g/mol. The maximum atomic E-state index is 13.4. The van der Waals surface area contributed by atoms with Crippen molar-refractivity contribution in [2.24, 2.45) is 11.3 Å². The molecule has 0 saturated carbocycles. The zero-order chi connectivity index (χ0) is 18.7. The minimum absolute atomic E-state index is 0.00159. The quantitative estimate of drug-likeness (QED) is 0.779. The van der Waals surface area contributed by atoms with Gasteiger partial charge in [0, 0.05) is 62.7 Å². The van der Waals surface area contributed by atoms with Crippen LogP contribution in [0.4, 0.5) is 0 Å². The normalized spacial score (nSPS) is 22.2. The molecule has 2 aliphatic heterocycles. The molecule has 2 fully saturated rings. The van der Waals surface area contributed by atoms with Crippen molar-refractivity contribution >= 4 is 17.2 Å². The average Bonchev–Trinajstić information content (AvgIpc) is 3.31. The molecule has 0 N–H and O–H groups in total. The number of carbonyl (C=O) groups excluding carboxylic acids is 1. The van der Waals surface area contributed by atoms with Gasteiger partial charge in [-0.15, -0.1) is 11.3 Å². The van der Waals surface area contributed by atoms with E-state index in [1.54, 1.807) is 34.7 Å². The molecular weight excluding hydrogens is 362 g/mol. The molecule has 2 aliphatic rings. The van der Waals surface area contributed by atoms with E-state index in [0.29, 0.717) is 12.4 Å². The Labute approximate surface area is 163 Å². The number of aromatic nitrogens is 3. The molecule has 0 radical (unpaired) electrons. The van der Waals surface area contributed by atoms with Gasteiger partial charge in [-0.3, -0.25) is 9.69 Å². The number of carbonyl (C=O) groups is 1. The van der Waals surface area contributed by atoms with Crippen molar-refractivity contribution in [2.75, 3.05) is 33.4 Å². The first-order valence-electron chi connectivity index (χ1n) is 9.36. The third kappa shape index (κ3) is 4.02. The lowest BCUT2D eigenvalue weighted by molar-refractivity contribution is -0.140. The van der Waals surface area contributed by atoms with Gasteiger partial charge in [-0.2, -0.15) is 0 Å². The van der Waals surface area contributed by atoms with Crippen LogP contribution in [0, 0.1) is 11.3 Å². The highest BCUT2D eigenvalue weighted by Crippen LogP contribution is 2.45. The predicted molar refractivity (Wildman–Crippen MR) is 102 cm³/mol. The first-order valence-corrected chi connectivity index (χ1v) is 10.2. The van der Waals surface area contributed by atoms with Gasteiger partial charge >= 0.3 is 0 Å². The van der Waals surface area contributed by atoms with Crippen molar-refractivity contribution in [2.45, 2.75) is 25.9 Å². The standard InChI is InChI=1S/C19H25N5O2S/c1-23(12-16-20-5-2-6-21-16)18(25)15-11-24(13-17-22-7-10-27-17)14-19(15)3-8-26-9-4-19/h2,5-7,10,15H,3-4,8-9,11-14H2,1H3. The summed E-state index contributed by atoms with van der Waals surface area (Å²) >= 11 is 1.67. The summed E-state index contributed by atoms with van der Waals surface area (Å²) in [4.78, 5) is 30.5. The first-order chi connectivity index (χ1) is 13.2. The summed E-state index contributed by atoms with van der Waals surface area (Å²) in [6, 6.07) is 1.79. The van der Waals surface area contributed by atoms with Crippen LogP contribution in [0.3, 0.4) is 0 Å². The van der Waals surface area contributed by atoms with E-state index in [9.17, 15) is 4.79 Å². The average molecular weight is 388 g/mol. The molecule has 2 aromatic rings. The molecule has 1 spiro atoms. The Morgan fingerprint density at radius 3 is 2.78 bits per heavy atom. The number of ether oxygens (including phenoxy) is 1. The molecule has 2 aromatic heterocycles. The lowest BCUT2D eigenvalue weighted by Crippen LogP contribution is -2.45. The molecule has 0 aliphatic carbocycles. The Morgan fingerprint density at radius 2 is 2.07 bits per heavy atom. The van der Waals surface area contributed by atoms with Gasteiger partial charge in [0.15, 0.2) is 0 Å². The summed E-state index contributed by atoms with van der Waals surface area (Å²) in [7, 11) is 1.86. The molecule has 4 heterocycles. The van der Waals surface area contributed by atoms with Crippen LogP contribution in [0.2, 0.25) is 0 Å². The molecule has 2 saturated heterocycles. The second-order valence-electron chi connectivity index (χ2n) is 7.48. The molecule has 27 heavy (non-hydrogen) atoms. The molecule has 1 amide bonds. The molecule has 0 bridgehead atoms. The van der Waals surface area contributed by atoms with Gasteiger partial charge < -0.3 is 9.64 Å². The van der Waals surface area contributed by atoms with Crippen LogP contribution in [0.1, 0.15) is 23.7 Å². The molecule has 7 nitrogen and oxygen atoms in total. The van der Waals surface area contributed by atoms with E-state index in [2.05, 4.69) is 19.9 Å². The fraction of sp³-hybridized carbons (Fsp3) is 0.579. The van der Waals surface area contributed by atoms with Crippen LogP contribution < -0.4 is 0 Å². The predicted octanol–water partition coefficient (Wildman–Crippen LogP) is 1.82. The number of thiazole rings is 1. The largest absolute Gasteiger partial charge is 0.381 e. The van der Waals surface area contributed by atoms with E-state index >= 15 is 0 Å². The van der Waals surface area contributed by atoms with Crippen LogP contribution in [-0.4, -0.2) is 64.0 Å². The molecule has 8 heteroatoms. The zero-order valence-electron chi connectivity index (χ0n) is 15.6. The first kappa shape index (κ1) is 18.5. The van der Waals surface area contributed by atoms with E-state index in [0.717, 1.165) is 50.7 Å². The fourth-order valence-electron chi connectivity index (χ4n) is 4.31. The van der Waals surface area contributed by atoms with E-state index in [-0.39, 0.29) is 17.2 Å². The number of hydrogen-bond donors (Lipinski definition) is 0. The van der Waals surface area contributed by atoms with Gasteiger partial charge in [-0.05, 0) is 18.9 Å². The van der Waals surface area contributed by atoms with E-state index in [1.165, 1.54) is 0 Å². The van der Waals surface area contributed by atoms with Crippen LogP contribution in [0.15, 0.2) is 30.0 Å². The second kappa shape index (κ2) is 8.00. The highest BCUT2D eigenvalue weighted by Gasteiger charge is 2.51. The maximum Gasteiger partial charge on any atom is 0.227 e. The lowest BCUT2D eigenvalue weighted by Gasteiger charge is -2.38. The number of nitrogens with zero attached hydrogens (tertiary/aromatic N) is 5. The van der Waals surface area contributed by atoms with E-state index < -0.39 is 0 Å². The second-order valence-corrected chi connectivity index (χ2v) is 8.46. The van der Waals surface area contributed by atoms with Crippen molar-refractivity contribution in [3.05, 3.63) is 40.9 Å². The molecule has 1 atom stereocenters. The molecule has 144 valence electrons. The molecule has 0 aromatic carbocycles. The number of rotatable bonds is 5. The summed E-state index contributed by atoms with van der Waals surface area (Å²) in [6.07, 6.45) is 7.15. The van der Waals surface area contributed by atoms with Gasteiger partial charge in [-0.1, -0.05) is 0 Å². The summed E-state index contributed by atoms with van der Waals surface area (Å²) in [5.41, 5.74) is -0.00159. The van der Waals surface area contributed by atoms with Crippen LogP contribution >= 0.6 is 11.3 Å². The number of hydrogen-bond acceptors (Lipinski definition) is 7. The zero-order valence-corrected chi connectivity index (χ0v) is 16.4. The topological polar surface area (TPSA) is 71.5 Å². The van der Waals surface area contributed by atoms with Gasteiger partial charge in [0.05, 0.1) is 19.0 Å². The van der Waals surface area contributed by atoms with Crippen LogP contribution in [0.5, 0.6) is 0 Å². The summed E-state index contributed by atoms with van der Waals surface area (Å²) < 4.78 is 5.61. The third-order valence-corrected chi connectivity index (χ3v) is 6.49.